The van der Waals surface area contributed by atoms with Crippen molar-refractivity contribution < 1.29 is 23.8 Å². The molecule has 1 aromatic heterocycles. The van der Waals surface area contributed by atoms with E-state index in [0.717, 1.165) is 0 Å². The normalized spacial score (nSPS) is 12.3. The molecule has 7 nitrogen and oxygen atoms in total. The zero-order valence-electron chi connectivity index (χ0n) is 14.5. The maximum atomic E-state index is 12.6. The van der Waals surface area contributed by atoms with Crippen LogP contribution < -0.4 is 14.8 Å². The van der Waals surface area contributed by atoms with Crippen molar-refractivity contribution >= 4 is 22.7 Å². The van der Waals surface area contributed by atoms with Crippen LogP contribution in [0.1, 0.15) is 10.4 Å². The molecule has 138 valence electrons. The maximum absolute atomic E-state index is 12.6. The number of carbonyl (C=O) groups is 1. The molecule has 2 heterocycles. The number of carbonyl (C=O) groups excluding carboxylic acids is 1. The number of phenolic OH excluding ortho intramolecular Hbond substituents is 1. The van der Waals surface area contributed by atoms with E-state index in [-0.39, 0.29) is 24.3 Å². The van der Waals surface area contributed by atoms with E-state index >= 15 is 0 Å². The summed E-state index contributed by atoms with van der Waals surface area (Å²) in [6, 6.07) is 17.0. The fraction of sp³-hybridized carbons (Fsp3) is 0.0476. The third kappa shape index (κ3) is 2.79. The number of para-hydroxylation sites is 2. The third-order valence-electron chi connectivity index (χ3n) is 4.41. The summed E-state index contributed by atoms with van der Waals surface area (Å²) in [5.41, 5.74) is 2.62. The first-order valence-electron chi connectivity index (χ1n) is 8.57. The Bertz CT molecular complexity index is 1180. The van der Waals surface area contributed by atoms with Crippen LogP contribution in [0, 0.1) is 0 Å². The van der Waals surface area contributed by atoms with Crippen molar-refractivity contribution in [2.75, 3.05) is 12.1 Å². The van der Waals surface area contributed by atoms with Gasteiger partial charge >= 0.3 is 0 Å². The van der Waals surface area contributed by atoms with Gasteiger partial charge in [0.15, 0.2) is 17.1 Å². The first kappa shape index (κ1) is 16.2. The summed E-state index contributed by atoms with van der Waals surface area (Å²) in [7, 11) is 0. The highest BCUT2D eigenvalue weighted by Crippen LogP contribution is 2.34. The standard InChI is InChI=1S/C21H14N2O5/c24-16-7-6-13(10-14(16)21-23-15-3-1-2-4-17(15)28-21)22-20(25)12-5-8-18-19(9-12)27-11-26-18/h1-10,24H,11H2,(H,22,25). The second kappa shape index (κ2) is 6.31. The molecule has 4 aromatic rings. The highest BCUT2D eigenvalue weighted by molar-refractivity contribution is 6.05. The highest BCUT2D eigenvalue weighted by Gasteiger charge is 2.17. The lowest BCUT2D eigenvalue weighted by Gasteiger charge is -2.08. The number of hydrogen-bond acceptors (Lipinski definition) is 6. The van der Waals surface area contributed by atoms with Gasteiger partial charge in [0.1, 0.15) is 11.3 Å². The molecule has 3 aromatic carbocycles. The molecular formula is C21H14N2O5. The van der Waals surface area contributed by atoms with Gasteiger partial charge in [0.25, 0.3) is 5.91 Å². The average Bonchev–Trinajstić information content (AvgIpc) is 3.35. The maximum Gasteiger partial charge on any atom is 0.255 e. The molecule has 2 N–H and O–H groups in total. The summed E-state index contributed by atoms with van der Waals surface area (Å²) in [6.45, 7) is 0.145. The van der Waals surface area contributed by atoms with Crippen LogP contribution in [-0.2, 0) is 0 Å². The molecule has 5 rings (SSSR count). The zero-order chi connectivity index (χ0) is 19.1. The van der Waals surface area contributed by atoms with Crippen molar-refractivity contribution in [1.82, 2.24) is 4.98 Å². The van der Waals surface area contributed by atoms with Gasteiger partial charge in [-0.15, -0.1) is 0 Å². The van der Waals surface area contributed by atoms with Crippen LogP contribution >= 0.6 is 0 Å². The first-order chi connectivity index (χ1) is 13.7. The van der Waals surface area contributed by atoms with Gasteiger partial charge in [0.05, 0.1) is 5.56 Å². The highest BCUT2D eigenvalue weighted by atomic mass is 16.7. The lowest BCUT2D eigenvalue weighted by atomic mass is 10.1. The van der Waals surface area contributed by atoms with E-state index in [1.165, 1.54) is 6.07 Å². The number of hydrogen-bond donors (Lipinski definition) is 2. The summed E-state index contributed by atoms with van der Waals surface area (Å²) in [6.07, 6.45) is 0. The summed E-state index contributed by atoms with van der Waals surface area (Å²) in [5, 5.41) is 13.0. The van der Waals surface area contributed by atoms with Crippen molar-refractivity contribution in [1.29, 1.82) is 0 Å². The van der Waals surface area contributed by atoms with Crippen LogP contribution in [-0.4, -0.2) is 22.8 Å². The fourth-order valence-electron chi connectivity index (χ4n) is 3.01. The Hall–Kier alpha value is -4.00. The van der Waals surface area contributed by atoms with E-state index in [9.17, 15) is 9.90 Å². The Morgan fingerprint density at radius 3 is 2.75 bits per heavy atom. The summed E-state index contributed by atoms with van der Waals surface area (Å²) < 4.78 is 16.3. The lowest BCUT2D eigenvalue weighted by Crippen LogP contribution is -2.11. The van der Waals surface area contributed by atoms with Gasteiger partial charge in [-0.2, -0.15) is 0 Å². The number of aromatic hydroxyl groups is 1. The minimum Gasteiger partial charge on any atom is -0.507 e. The number of anilines is 1. The van der Waals surface area contributed by atoms with Gasteiger partial charge in [0.2, 0.25) is 12.7 Å². The van der Waals surface area contributed by atoms with Crippen LogP contribution in [0.2, 0.25) is 0 Å². The number of aromatic nitrogens is 1. The van der Waals surface area contributed by atoms with Gasteiger partial charge < -0.3 is 24.3 Å². The molecule has 0 saturated heterocycles. The molecule has 0 unspecified atom stereocenters. The molecule has 28 heavy (non-hydrogen) atoms. The second-order valence-corrected chi connectivity index (χ2v) is 6.24. The number of benzene rings is 3. The Labute approximate surface area is 159 Å². The average molecular weight is 374 g/mol. The topological polar surface area (TPSA) is 93.8 Å². The molecule has 0 bridgehead atoms. The zero-order valence-corrected chi connectivity index (χ0v) is 14.5. The molecule has 1 aliphatic heterocycles. The molecule has 7 heteroatoms. The SMILES string of the molecule is O=C(Nc1ccc(O)c(-c2nc3ccccc3o2)c1)c1ccc2c(c1)OCO2. The van der Waals surface area contributed by atoms with Crippen molar-refractivity contribution in [2.24, 2.45) is 0 Å². The number of ether oxygens (including phenoxy) is 2. The van der Waals surface area contributed by atoms with Gasteiger partial charge in [0, 0.05) is 11.3 Å². The van der Waals surface area contributed by atoms with Gasteiger partial charge in [-0.05, 0) is 48.5 Å². The molecule has 0 aliphatic carbocycles. The number of nitrogens with zero attached hydrogens (tertiary/aromatic N) is 1. The molecule has 0 saturated carbocycles. The largest absolute Gasteiger partial charge is 0.507 e. The summed E-state index contributed by atoms with van der Waals surface area (Å²) in [5.74, 6) is 1.11. The van der Waals surface area contributed by atoms with E-state index in [1.54, 1.807) is 36.4 Å². The number of rotatable bonds is 3. The van der Waals surface area contributed by atoms with E-state index in [2.05, 4.69) is 10.3 Å². The van der Waals surface area contributed by atoms with E-state index in [4.69, 9.17) is 13.9 Å². The fourth-order valence-corrected chi connectivity index (χ4v) is 3.01. The van der Waals surface area contributed by atoms with Crippen LogP contribution in [0.4, 0.5) is 5.69 Å². The minimum absolute atomic E-state index is 0.00707. The number of amides is 1. The number of phenols is 1. The smallest absolute Gasteiger partial charge is 0.255 e. The number of oxazole rings is 1. The molecular weight excluding hydrogens is 360 g/mol. The van der Waals surface area contributed by atoms with Crippen molar-refractivity contribution in [3.63, 3.8) is 0 Å². The quantitative estimate of drug-likeness (QED) is 0.523. The van der Waals surface area contributed by atoms with Crippen LogP contribution in [0.5, 0.6) is 17.2 Å². The molecule has 1 amide bonds. The predicted molar refractivity (Wildman–Crippen MR) is 102 cm³/mol. The Kier molecular flexibility index (Phi) is 3.65. The van der Waals surface area contributed by atoms with Crippen molar-refractivity contribution in [3.05, 3.63) is 66.2 Å². The van der Waals surface area contributed by atoms with E-state index in [0.29, 0.717) is 39.4 Å². The first-order valence-corrected chi connectivity index (χ1v) is 8.57. The van der Waals surface area contributed by atoms with Crippen molar-refractivity contribution in [2.45, 2.75) is 0 Å². The van der Waals surface area contributed by atoms with Gasteiger partial charge in [-0.3, -0.25) is 4.79 Å². The number of nitrogens with one attached hydrogen (secondary N) is 1. The molecule has 1 aliphatic rings. The molecule has 0 fully saturated rings. The Balaban J connectivity index is 1.44. The Morgan fingerprint density at radius 2 is 1.86 bits per heavy atom. The lowest BCUT2D eigenvalue weighted by molar-refractivity contribution is 0.102. The van der Waals surface area contributed by atoms with Crippen molar-refractivity contribution in [3.8, 4) is 28.7 Å². The monoisotopic (exact) mass is 374 g/mol. The molecule has 0 radical (unpaired) electrons. The molecule has 0 atom stereocenters. The van der Waals surface area contributed by atoms with Crippen LogP contribution in [0.3, 0.4) is 0 Å². The predicted octanol–water partition coefficient (Wildman–Crippen LogP) is 4.18. The third-order valence-corrected chi connectivity index (χ3v) is 4.41. The minimum atomic E-state index is -0.312. The van der Waals surface area contributed by atoms with Gasteiger partial charge in [-0.25, -0.2) is 4.98 Å². The summed E-state index contributed by atoms with van der Waals surface area (Å²) >= 11 is 0. The second-order valence-electron chi connectivity index (χ2n) is 6.24. The van der Waals surface area contributed by atoms with Crippen LogP contribution in [0.15, 0.2) is 65.1 Å². The summed E-state index contributed by atoms with van der Waals surface area (Å²) in [4.78, 5) is 17.0. The molecule has 0 spiro atoms. The van der Waals surface area contributed by atoms with Gasteiger partial charge in [-0.1, -0.05) is 12.1 Å². The Morgan fingerprint density at radius 1 is 1.00 bits per heavy atom. The van der Waals surface area contributed by atoms with Crippen LogP contribution in [0.25, 0.3) is 22.6 Å². The number of fused-ring (bicyclic) bond motifs is 2. The van der Waals surface area contributed by atoms with E-state index in [1.807, 2.05) is 18.2 Å². The van der Waals surface area contributed by atoms with E-state index < -0.39 is 0 Å².